The van der Waals surface area contributed by atoms with E-state index in [4.69, 9.17) is 0 Å². The van der Waals surface area contributed by atoms with Gasteiger partial charge in [-0.05, 0) is 24.9 Å². The second kappa shape index (κ2) is 6.49. The fraction of sp³-hybridized carbons (Fsp3) is 0.636. The van der Waals surface area contributed by atoms with Crippen molar-refractivity contribution in [3.05, 3.63) is 16.3 Å². The van der Waals surface area contributed by atoms with Crippen LogP contribution in [0.4, 0.5) is 0 Å². The van der Waals surface area contributed by atoms with E-state index in [1.807, 2.05) is 26.3 Å². The molecule has 0 atom stereocenters. The Morgan fingerprint density at radius 1 is 1.41 bits per heavy atom. The molecule has 0 amide bonds. The molecule has 0 bridgehead atoms. The van der Waals surface area contributed by atoms with E-state index < -0.39 is 10.0 Å². The molecule has 0 spiro atoms. The lowest BCUT2D eigenvalue weighted by Crippen LogP contribution is -2.32. The van der Waals surface area contributed by atoms with Crippen molar-refractivity contribution in [2.75, 3.05) is 20.1 Å². The van der Waals surface area contributed by atoms with Gasteiger partial charge in [-0.2, -0.15) is 4.31 Å². The van der Waals surface area contributed by atoms with Gasteiger partial charge in [-0.1, -0.05) is 13.8 Å². The summed E-state index contributed by atoms with van der Waals surface area (Å²) in [6.45, 7) is 5.55. The van der Waals surface area contributed by atoms with Gasteiger partial charge in [-0.25, -0.2) is 8.42 Å². The van der Waals surface area contributed by atoms with Crippen LogP contribution in [0, 0.1) is 0 Å². The summed E-state index contributed by atoms with van der Waals surface area (Å²) < 4.78 is 26.4. The molecular weight excluding hydrogens is 256 g/mol. The van der Waals surface area contributed by atoms with Gasteiger partial charge in [0.2, 0.25) is 10.0 Å². The van der Waals surface area contributed by atoms with Gasteiger partial charge in [0.1, 0.15) is 0 Å². The lowest BCUT2D eigenvalue weighted by molar-refractivity contribution is 0.426. The fourth-order valence-electron chi connectivity index (χ4n) is 1.68. The Labute approximate surface area is 108 Å². The van der Waals surface area contributed by atoms with Crippen LogP contribution in [-0.2, 0) is 16.6 Å². The van der Waals surface area contributed by atoms with Gasteiger partial charge in [0, 0.05) is 24.5 Å². The summed E-state index contributed by atoms with van der Waals surface area (Å²) in [5, 5.41) is 4.83. The fourth-order valence-corrected chi connectivity index (χ4v) is 4.65. The third-order valence-electron chi connectivity index (χ3n) is 2.49. The highest BCUT2D eigenvalue weighted by molar-refractivity contribution is 7.89. The molecule has 0 aromatic carbocycles. The lowest BCUT2D eigenvalue weighted by atomic mass is 10.5. The highest BCUT2D eigenvalue weighted by Crippen LogP contribution is 2.25. The second-order valence-electron chi connectivity index (χ2n) is 3.74. The normalized spacial score (nSPS) is 12.2. The van der Waals surface area contributed by atoms with E-state index in [-0.39, 0.29) is 0 Å². The smallest absolute Gasteiger partial charge is 0.244 e. The zero-order valence-corrected chi connectivity index (χ0v) is 12.2. The minimum atomic E-state index is -3.32. The van der Waals surface area contributed by atoms with E-state index in [9.17, 15) is 8.42 Å². The third-order valence-corrected chi connectivity index (χ3v) is 5.59. The zero-order valence-electron chi connectivity index (χ0n) is 10.6. The van der Waals surface area contributed by atoms with Crippen LogP contribution >= 0.6 is 11.3 Å². The first kappa shape index (κ1) is 14.6. The van der Waals surface area contributed by atoms with Gasteiger partial charge in [0.25, 0.3) is 0 Å². The lowest BCUT2D eigenvalue weighted by Gasteiger charge is -2.19. The Morgan fingerprint density at radius 3 is 2.65 bits per heavy atom. The minimum absolute atomic E-state index is 0.451. The summed E-state index contributed by atoms with van der Waals surface area (Å²) in [5.74, 6) is 0. The number of sulfonamides is 1. The molecule has 0 saturated heterocycles. The van der Waals surface area contributed by atoms with Gasteiger partial charge in [0.05, 0.1) is 4.90 Å². The van der Waals surface area contributed by atoms with Crippen molar-refractivity contribution < 1.29 is 8.42 Å². The summed E-state index contributed by atoms with van der Waals surface area (Å²) >= 11 is 1.48. The van der Waals surface area contributed by atoms with Crippen molar-refractivity contribution in [3.63, 3.8) is 0 Å². The maximum absolute atomic E-state index is 12.4. The monoisotopic (exact) mass is 276 g/mol. The Kier molecular flexibility index (Phi) is 5.58. The molecule has 17 heavy (non-hydrogen) atoms. The number of hydrogen-bond donors (Lipinski definition) is 1. The van der Waals surface area contributed by atoms with Crippen LogP contribution in [0.5, 0.6) is 0 Å². The van der Waals surface area contributed by atoms with Crippen molar-refractivity contribution in [1.29, 1.82) is 0 Å². The van der Waals surface area contributed by atoms with Gasteiger partial charge in [-0.3, -0.25) is 0 Å². The SMILES string of the molecule is CCCN(CC)S(=O)(=O)c1ccsc1CNC. The van der Waals surface area contributed by atoms with E-state index in [0.29, 0.717) is 24.5 Å². The maximum atomic E-state index is 12.4. The largest absolute Gasteiger partial charge is 0.315 e. The van der Waals surface area contributed by atoms with Crippen molar-refractivity contribution in [2.24, 2.45) is 0 Å². The topological polar surface area (TPSA) is 49.4 Å². The molecule has 0 radical (unpaired) electrons. The zero-order chi connectivity index (χ0) is 12.9. The first-order chi connectivity index (χ1) is 8.07. The Bertz CT molecular complexity index is 440. The van der Waals surface area contributed by atoms with Crippen molar-refractivity contribution in [2.45, 2.75) is 31.7 Å². The van der Waals surface area contributed by atoms with Crippen LogP contribution in [0.25, 0.3) is 0 Å². The molecular formula is C11H20N2O2S2. The molecule has 0 aliphatic heterocycles. The summed E-state index contributed by atoms with van der Waals surface area (Å²) in [6, 6.07) is 1.70. The number of nitrogens with zero attached hydrogens (tertiary/aromatic N) is 1. The summed E-state index contributed by atoms with van der Waals surface area (Å²) in [7, 11) is -1.50. The van der Waals surface area contributed by atoms with Gasteiger partial charge in [-0.15, -0.1) is 11.3 Å². The summed E-state index contributed by atoms with van der Waals surface area (Å²) in [5.41, 5.74) is 0. The van der Waals surface area contributed by atoms with E-state index in [0.717, 1.165) is 11.3 Å². The number of rotatable bonds is 7. The summed E-state index contributed by atoms with van der Waals surface area (Å²) in [4.78, 5) is 1.33. The molecule has 4 nitrogen and oxygen atoms in total. The number of hydrogen-bond acceptors (Lipinski definition) is 4. The Morgan fingerprint density at radius 2 is 2.12 bits per heavy atom. The molecule has 6 heteroatoms. The predicted octanol–water partition coefficient (Wildman–Crippen LogP) is 1.89. The van der Waals surface area contributed by atoms with Crippen LogP contribution in [0.1, 0.15) is 25.1 Å². The molecule has 1 rings (SSSR count). The minimum Gasteiger partial charge on any atom is -0.315 e. The van der Waals surface area contributed by atoms with Crippen LogP contribution < -0.4 is 5.32 Å². The second-order valence-corrected chi connectivity index (χ2v) is 6.64. The van der Waals surface area contributed by atoms with Gasteiger partial charge < -0.3 is 5.32 Å². The molecule has 1 heterocycles. The van der Waals surface area contributed by atoms with E-state index in [2.05, 4.69) is 5.32 Å². The van der Waals surface area contributed by atoms with Crippen LogP contribution in [0.3, 0.4) is 0 Å². The van der Waals surface area contributed by atoms with E-state index in [1.165, 1.54) is 15.6 Å². The number of nitrogens with one attached hydrogen (secondary N) is 1. The average Bonchev–Trinajstić information content (AvgIpc) is 2.75. The predicted molar refractivity (Wildman–Crippen MR) is 71.8 cm³/mol. The molecule has 1 N–H and O–H groups in total. The van der Waals surface area contributed by atoms with Crippen molar-refractivity contribution in [3.8, 4) is 0 Å². The third kappa shape index (κ3) is 3.28. The van der Waals surface area contributed by atoms with Crippen molar-refractivity contribution >= 4 is 21.4 Å². The molecule has 1 aromatic heterocycles. The van der Waals surface area contributed by atoms with Gasteiger partial charge >= 0.3 is 0 Å². The standard InChI is InChI=1S/C11H20N2O2S2/c1-4-7-13(5-2)17(14,15)11-6-8-16-10(11)9-12-3/h6,8,12H,4-5,7,9H2,1-3H3. The Balaban J connectivity index is 3.06. The first-order valence-corrected chi connectivity index (χ1v) is 8.11. The highest BCUT2D eigenvalue weighted by atomic mass is 32.2. The Hall–Kier alpha value is -0.430. The molecule has 1 aromatic rings. The van der Waals surface area contributed by atoms with Crippen LogP contribution in [-0.4, -0.2) is 32.9 Å². The molecule has 0 saturated carbocycles. The van der Waals surface area contributed by atoms with Crippen molar-refractivity contribution in [1.82, 2.24) is 9.62 Å². The van der Waals surface area contributed by atoms with E-state index in [1.54, 1.807) is 6.07 Å². The molecule has 0 aliphatic rings. The molecule has 0 unspecified atom stereocenters. The molecule has 0 aliphatic carbocycles. The average molecular weight is 276 g/mol. The van der Waals surface area contributed by atoms with Crippen LogP contribution in [0.2, 0.25) is 0 Å². The maximum Gasteiger partial charge on any atom is 0.244 e. The quantitative estimate of drug-likeness (QED) is 0.827. The summed E-state index contributed by atoms with van der Waals surface area (Å²) in [6.07, 6.45) is 0.832. The molecule has 0 fully saturated rings. The first-order valence-electron chi connectivity index (χ1n) is 5.79. The highest BCUT2D eigenvalue weighted by Gasteiger charge is 2.25. The van der Waals surface area contributed by atoms with E-state index >= 15 is 0 Å². The van der Waals surface area contributed by atoms with Crippen LogP contribution in [0.15, 0.2) is 16.3 Å². The van der Waals surface area contributed by atoms with Gasteiger partial charge in [0.15, 0.2) is 0 Å². The number of thiophene rings is 1. The molecule has 98 valence electrons.